The first-order chi connectivity index (χ1) is 12.1. The number of aromatic nitrogens is 3. The molecule has 1 aromatic carbocycles. The lowest BCUT2D eigenvalue weighted by molar-refractivity contribution is -0.144. The van der Waals surface area contributed by atoms with Crippen LogP contribution in [0.5, 0.6) is 11.6 Å². The zero-order valence-corrected chi connectivity index (χ0v) is 13.8. The number of carboxylic acid groups (broad SMARTS) is 1. The number of imidazole rings is 1. The number of benzene rings is 1. The van der Waals surface area contributed by atoms with Gasteiger partial charge < -0.3 is 14.6 Å². The van der Waals surface area contributed by atoms with Gasteiger partial charge in [0.25, 0.3) is 0 Å². The second kappa shape index (κ2) is 7.04. The average molecular weight is 339 g/mol. The molecule has 0 saturated heterocycles. The number of ether oxygens (including phenoxy) is 2. The highest BCUT2D eigenvalue weighted by atomic mass is 16.5. The van der Waals surface area contributed by atoms with Gasteiger partial charge in [0.2, 0.25) is 5.88 Å². The van der Waals surface area contributed by atoms with Crippen molar-refractivity contribution in [2.75, 3.05) is 7.11 Å². The predicted molar refractivity (Wildman–Crippen MR) is 91.1 cm³/mol. The Kier molecular flexibility index (Phi) is 4.65. The standard InChI is InChI=1S/C18H17N3O4/c1-12(18(22)23)25-15-8-4-3-6-13(15)16-19-10-11-21(16)14-7-5-9-20-17(14)24-2/h3-12H,1-2H3,(H,22,23). The van der Waals surface area contributed by atoms with Crippen LogP contribution in [0.1, 0.15) is 6.92 Å². The summed E-state index contributed by atoms with van der Waals surface area (Å²) < 4.78 is 12.7. The Bertz CT molecular complexity index is 891. The van der Waals surface area contributed by atoms with E-state index in [0.717, 1.165) is 5.69 Å². The Balaban J connectivity index is 2.08. The van der Waals surface area contributed by atoms with Crippen LogP contribution in [-0.4, -0.2) is 38.8 Å². The lowest BCUT2D eigenvalue weighted by Crippen LogP contribution is -2.23. The van der Waals surface area contributed by atoms with E-state index in [1.807, 2.05) is 22.8 Å². The highest BCUT2D eigenvalue weighted by Gasteiger charge is 2.19. The van der Waals surface area contributed by atoms with E-state index >= 15 is 0 Å². The van der Waals surface area contributed by atoms with E-state index in [1.165, 1.54) is 6.92 Å². The summed E-state index contributed by atoms with van der Waals surface area (Å²) in [6, 6.07) is 10.8. The summed E-state index contributed by atoms with van der Waals surface area (Å²) in [5.41, 5.74) is 1.39. The number of hydrogen-bond acceptors (Lipinski definition) is 5. The van der Waals surface area contributed by atoms with E-state index in [0.29, 0.717) is 23.0 Å². The van der Waals surface area contributed by atoms with E-state index in [2.05, 4.69) is 9.97 Å². The first-order valence-corrected chi connectivity index (χ1v) is 7.63. The van der Waals surface area contributed by atoms with Crippen molar-refractivity contribution < 1.29 is 19.4 Å². The molecule has 0 amide bonds. The normalized spacial score (nSPS) is 11.8. The monoisotopic (exact) mass is 339 g/mol. The third-order valence-electron chi connectivity index (χ3n) is 3.62. The van der Waals surface area contributed by atoms with E-state index < -0.39 is 12.1 Å². The van der Waals surface area contributed by atoms with Crippen molar-refractivity contribution in [1.29, 1.82) is 0 Å². The van der Waals surface area contributed by atoms with Crippen molar-refractivity contribution >= 4 is 5.97 Å². The molecule has 0 radical (unpaired) electrons. The van der Waals surface area contributed by atoms with E-state index in [-0.39, 0.29) is 0 Å². The summed E-state index contributed by atoms with van der Waals surface area (Å²) in [6.45, 7) is 1.48. The van der Waals surface area contributed by atoms with Gasteiger partial charge in [0, 0.05) is 18.6 Å². The summed E-state index contributed by atoms with van der Waals surface area (Å²) in [7, 11) is 1.55. The van der Waals surface area contributed by atoms with Gasteiger partial charge >= 0.3 is 5.97 Å². The van der Waals surface area contributed by atoms with E-state index in [1.54, 1.807) is 43.9 Å². The molecule has 0 aliphatic rings. The van der Waals surface area contributed by atoms with Gasteiger partial charge in [-0.1, -0.05) is 12.1 Å². The molecule has 1 N–H and O–H groups in total. The maximum absolute atomic E-state index is 11.1. The zero-order chi connectivity index (χ0) is 17.8. The first-order valence-electron chi connectivity index (χ1n) is 7.63. The number of carboxylic acids is 1. The van der Waals surface area contributed by atoms with Gasteiger partial charge in [-0.05, 0) is 31.2 Å². The molecule has 0 bridgehead atoms. The van der Waals surface area contributed by atoms with Crippen LogP contribution in [0.25, 0.3) is 17.1 Å². The van der Waals surface area contributed by atoms with Crippen LogP contribution >= 0.6 is 0 Å². The smallest absolute Gasteiger partial charge is 0.344 e. The molecule has 1 unspecified atom stereocenters. The maximum Gasteiger partial charge on any atom is 0.344 e. The number of para-hydroxylation sites is 1. The minimum absolute atomic E-state index is 0.438. The summed E-state index contributed by atoms with van der Waals surface area (Å²) in [6.07, 6.45) is 4.10. The van der Waals surface area contributed by atoms with Gasteiger partial charge in [-0.3, -0.25) is 4.57 Å². The number of pyridine rings is 1. The van der Waals surface area contributed by atoms with Gasteiger partial charge in [-0.15, -0.1) is 0 Å². The number of hydrogen-bond donors (Lipinski definition) is 1. The van der Waals surface area contributed by atoms with Crippen molar-refractivity contribution in [2.45, 2.75) is 13.0 Å². The summed E-state index contributed by atoms with van der Waals surface area (Å²) in [5, 5.41) is 9.10. The molecule has 128 valence electrons. The number of methoxy groups -OCH3 is 1. The molecule has 25 heavy (non-hydrogen) atoms. The molecule has 0 aliphatic carbocycles. The lowest BCUT2D eigenvalue weighted by atomic mass is 10.2. The fourth-order valence-corrected chi connectivity index (χ4v) is 2.42. The van der Waals surface area contributed by atoms with Crippen LogP contribution in [0.15, 0.2) is 55.0 Å². The molecular formula is C18H17N3O4. The van der Waals surface area contributed by atoms with Gasteiger partial charge in [-0.25, -0.2) is 14.8 Å². The summed E-state index contributed by atoms with van der Waals surface area (Å²) >= 11 is 0. The Labute approximate surface area is 144 Å². The number of nitrogens with zero attached hydrogens (tertiary/aromatic N) is 3. The molecule has 1 atom stereocenters. The van der Waals surface area contributed by atoms with Crippen LogP contribution in [0.2, 0.25) is 0 Å². The molecule has 7 nitrogen and oxygen atoms in total. The highest BCUT2D eigenvalue weighted by Crippen LogP contribution is 2.32. The van der Waals surface area contributed by atoms with E-state index in [9.17, 15) is 4.79 Å². The van der Waals surface area contributed by atoms with Crippen LogP contribution in [0.4, 0.5) is 0 Å². The fraction of sp³-hybridized carbons (Fsp3) is 0.167. The van der Waals surface area contributed by atoms with Crippen LogP contribution in [0, 0.1) is 0 Å². The van der Waals surface area contributed by atoms with E-state index in [4.69, 9.17) is 14.6 Å². The molecule has 2 aromatic heterocycles. The lowest BCUT2D eigenvalue weighted by Gasteiger charge is -2.16. The molecule has 2 heterocycles. The third kappa shape index (κ3) is 3.30. The van der Waals surface area contributed by atoms with Gasteiger partial charge in [0.05, 0.1) is 12.7 Å². The molecule has 3 rings (SSSR count). The second-order valence-electron chi connectivity index (χ2n) is 5.25. The molecule has 0 spiro atoms. The number of rotatable bonds is 6. The minimum atomic E-state index is -1.04. The quantitative estimate of drug-likeness (QED) is 0.743. The SMILES string of the molecule is COc1ncccc1-n1ccnc1-c1ccccc1OC(C)C(=O)O. The largest absolute Gasteiger partial charge is 0.480 e. The summed E-state index contributed by atoms with van der Waals surface area (Å²) in [5.74, 6) is 0.457. The molecule has 0 aliphatic heterocycles. The average Bonchev–Trinajstić information content (AvgIpc) is 3.11. The summed E-state index contributed by atoms with van der Waals surface area (Å²) in [4.78, 5) is 19.7. The van der Waals surface area contributed by atoms with Gasteiger partial charge in [0.15, 0.2) is 6.10 Å². The molecule has 7 heteroatoms. The Morgan fingerprint density at radius 3 is 2.72 bits per heavy atom. The number of carbonyl (C=O) groups is 1. The van der Waals surface area contributed by atoms with Crippen molar-refractivity contribution in [3.63, 3.8) is 0 Å². The Morgan fingerprint density at radius 1 is 1.16 bits per heavy atom. The number of aliphatic carboxylic acids is 1. The highest BCUT2D eigenvalue weighted by molar-refractivity contribution is 5.73. The zero-order valence-electron chi connectivity index (χ0n) is 13.8. The molecule has 0 fully saturated rings. The Hall–Kier alpha value is -3.35. The molecule has 0 saturated carbocycles. The van der Waals surface area contributed by atoms with Crippen molar-refractivity contribution in [3.8, 4) is 28.7 Å². The van der Waals surface area contributed by atoms with Crippen LogP contribution in [-0.2, 0) is 4.79 Å². The fourth-order valence-electron chi connectivity index (χ4n) is 2.42. The minimum Gasteiger partial charge on any atom is -0.480 e. The van der Waals surface area contributed by atoms with Crippen molar-refractivity contribution in [2.24, 2.45) is 0 Å². The van der Waals surface area contributed by atoms with Crippen LogP contribution in [0.3, 0.4) is 0 Å². The van der Waals surface area contributed by atoms with Crippen molar-refractivity contribution in [3.05, 3.63) is 55.0 Å². The van der Waals surface area contributed by atoms with Crippen LogP contribution < -0.4 is 9.47 Å². The second-order valence-corrected chi connectivity index (χ2v) is 5.25. The van der Waals surface area contributed by atoms with Gasteiger partial charge in [-0.2, -0.15) is 0 Å². The third-order valence-corrected chi connectivity index (χ3v) is 3.62. The predicted octanol–water partition coefficient (Wildman–Crippen LogP) is 2.79. The maximum atomic E-state index is 11.1. The Morgan fingerprint density at radius 2 is 1.96 bits per heavy atom. The first kappa shape index (κ1) is 16.5. The topological polar surface area (TPSA) is 86.5 Å². The van der Waals surface area contributed by atoms with Crippen molar-refractivity contribution in [1.82, 2.24) is 14.5 Å². The molecular weight excluding hydrogens is 322 g/mol. The van der Waals surface area contributed by atoms with Gasteiger partial charge in [0.1, 0.15) is 17.3 Å². The molecule has 3 aromatic rings.